The maximum atomic E-state index is 12.4. The third-order valence-corrected chi connectivity index (χ3v) is 2.41. The normalized spacial score (nSPS) is 13.2. The topological polar surface area (TPSA) is 37.3 Å². The number of rotatable bonds is 5. The minimum absolute atomic E-state index is 0.620. The fraction of sp³-hybridized carbons (Fsp3) is 0.385. The average molecular weight is 271 g/mol. The van der Waals surface area contributed by atoms with Gasteiger partial charge >= 0.3 is 6.18 Å². The zero-order valence-corrected chi connectivity index (χ0v) is 10.8. The number of nitrogens with zero attached hydrogens (tertiary/aromatic N) is 2. The first-order chi connectivity index (χ1) is 8.99. The highest BCUT2D eigenvalue weighted by atomic mass is 19.4. The van der Waals surface area contributed by atoms with E-state index in [1.54, 1.807) is 13.3 Å². The van der Waals surface area contributed by atoms with E-state index in [1.165, 1.54) is 12.3 Å². The Morgan fingerprint density at radius 3 is 2.63 bits per heavy atom. The molecule has 0 saturated heterocycles. The number of aromatic nitrogens is 1. The molecule has 0 bridgehead atoms. The highest BCUT2D eigenvalue weighted by Gasteiger charge is 2.32. The Kier molecular flexibility index (Phi) is 5.69. The molecule has 0 aliphatic heterocycles. The van der Waals surface area contributed by atoms with Crippen LogP contribution in [-0.4, -0.2) is 31.8 Å². The molecule has 0 unspecified atom stereocenters. The van der Waals surface area contributed by atoms with Crippen LogP contribution in [0, 0.1) is 0 Å². The molecule has 0 amide bonds. The molecule has 19 heavy (non-hydrogen) atoms. The van der Waals surface area contributed by atoms with Crippen molar-refractivity contribution in [1.82, 2.24) is 10.3 Å². The monoisotopic (exact) mass is 271 g/mol. The molecule has 0 atom stereocenters. The van der Waals surface area contributed by atoms with E-state index in [4.69, 9.17) is 0 Å². The van der Waals surface area contributed by atoms with E-state index in [1.807, 2.05) is 13.1 Å². The summed E-state index contributed by atoms with van der Waals surface area (Å²) >= 11 is 0. The maximum absolute atomic E-state index is 12.4. The zero-order chi connectivity index (χ0) is 14.3. The first-order valence-electron chi connectivity index (χ1n) is 5.79. The van der Waals surface area contributed by atoms with Crippen LogP contribution in [0.15, 0.2) is 29.4 Å². The fourth-order valence-corrected chi connectivity index (χ4v) is 1.49. The predicted octanol–water partition coefficient (Wildman–Crippen LogP) is 2.79. The van der Waals surface area contributed by atoms with E-state index < -0.39 is 11.9 Å². The van der Waals surface area contributed by atoms with Gasteiger partial charge in [0.05, 0.1) is 0 Å². The standard InChI is InChI=1S/C13H16F3N3/c1-17-7-3-4-10(8-18-2)11-5-6-12(19-9-11)13(14,15)16/h4-6,8-9,17H,3,7H2,1-2H3/b10-4+,18-8-. The molecule has 0 aromatic carbocycles. The van der Waals surface area contributed by atoms with E-state index in [9.17, 15) is 13.2 Å². The van der Waals surface area contributed by atoms with Crippen LogP contribution in [0.2, 0.25) is 0 Å². The number of hydrogen-bond acceptors (Lipinski definition) is 3. The smallest absolute Gasteiger partial charge is 0.319 e. The summed E-state index contributed by atoms with van der Waals surface area (Å²) in [7, 11) is 3.45. The number of pyridine rings is 1. The summed E-state index contributed by atoms with van der Waals surface area (Å²) in [6, 6.07) is 2.38. The summed E-state index contributed by atoms with van der Waals surface area (Å²) in [5.41, 5.74) is 0.493. The van der Waals surface area contributed by atoms with E-state index >= 15 is 0 Å². The predicted molar refractivity (Wildman–Crippen MR) is 70.2 cm³/mol. The average Bonchev–Trinajstić information content (AvgIpc) is 2.37. The Balaban J connectivity index is 2.95. The van der Waals surface area contributed by atoms with Crippen LogP contribution in [0.25, 0.3) is 5.57 Å². The van der Waals surface area contributed by atoms with Gasteiger partial charge < -0.3 is 5.32 Å². The van der Waals surface area contributed by atoms with E-state index in [-0.39, 0.29) is 0 Å². The van der Waals surface area contributed by atoms with Crippen molar-refractivity contribution >= 4 is 11.8 Å². The van der Waals surface area contributed by atoms with Crippen LogP contribution in [0.1, 0.15) is 17.7 Å². The lowest BCUT2D eigenvalue weighted by molar-refractivity contribution is -0.141. The Labute approximate surface area is 110 Å². The fourth-order valence-electron chi connectivity index (χ4n) is 1.49. The third kappa shape index (κ3) is 4.82. The molecule has 104 valence electrons. The van der Waals surface area contributed by atoms with Gasteiger partial charge in [-0.25, -0.2) is 0 Å². The summed E-state index contributed by atoms with van der Waals surface area (Å²) in [5.74, 6) is 0. The molecule has 6 heteroatoms. The van der Waals surface area contributed by atoms with Crippen LogP contribution in [0.4, 0.5) is 13.2 Å². The van der Waals surface area contributed by atoms with Crippen molar-refractivity contribution < 1.29 is 13.2 Å². The summed E-state index contributed by atoms with van der Waals surface area (Å²) in [5, 5.41) is 2.99. The van der Waals surface area contributed by atoms with Gasteiger partial charge in [-0.2, -0.15) is 13.2 Å². The minimum Gasteiger partial charge on any atom is -0.319 e. The summed E-state index contributed by atoms with van der Waals surface area (Å²) in [4.78, 5) is 7.34. The van der Waals surface area contributed by atoms with Crippen molar-refractivity contribution in [3.8, 4) is 0 Å². The Hall–Kier alpha value is -1.69. The van der Waals surface area contributed by atoms with Gasteiger partial charge in [0.2, 0.25) is 0 Å². The molecule has 3 nitrogen and oxygen atoms in total. The minimum atomic E-state index is -4.41. The molecule has 0 aliphatic carbocycles. The molecule has 1 N–H and O–H groups in total. The molecule has 1 aromatic rings. The number of hydrogen-bond donors (Lipinski definition) is 1. The second kappa shape index (κ2) is 7.04. The number of nitrogens with one attached hydrogen (secondary N) is 1. The second-order valence-corrected chi connectivity index (χ2v) is 3.87. The van der Waals surface area contributed by atoms with Gasteiger partial charge in [0, 0.05) is 25.0 Å². The molecule has 0 fully saturated rings. The summed E-state index contributed by atoms with van der Waals surface area (Å²) in [6.07, 6.45) is 1.09. The van der Waals surface area contributed by atoms with Crippen LogP contribution >= 0.6 is 0 Å². The molecule has 1 heterocycles. The van der Waals surface area contributed by atoms with E-state index in [0.29, 0.717) is 5.56 Å². The number of aliphatic imine (C=N–C) groups is 1. The number of allylic oxidation sites excluding steroid dienone is 1. The van der Waals surface area contributed by atoms with Gasteiger partial charge in [0.1, 0.15) is 5.69 Å². The number of halogens is 3. The largest absolute Gasteiger partial charge is 0.433 e. The lowest BCUT2D eigenvalue weighted by atomic mass is 10.1. The Morgan fingerprint density at radius 2 is 2.16 bits per heavy atom. The number of alkyl halides is 3. The quantitative estimate of drug-likeness (QED) is 0.660. The Bertz CT molecular complexity index is 447. The van der Waals surface area contributed by atoms with Crippen molar-refractivity contribution in [3.63, 3.8) is 0 Å². The molecule has 0 aliphatic rings. The van der Waals surface area contributed by atoms with Gasteiger partial charge in [0.25, 0.3) is 0 Å². The molecule has 0 radical (unpaired) electrons. The highest BCUT2D eigenvalue weighted by molar-refractivity contribution is 6.09. The van der Waals surface area contributed by atoms with Crippen molar-refractivity contribution in [2.75, 3.05) is 20.6 Å². The molecule has 0 saturated carbocycles. The van der Waals surface area contributed by atoms with Crippen molar-refractivity contribution in [1.29, 1.82) is 0 Å². The zero-order valence-electron chi connectivity index (χ0n) is 10.8. The van der Waals surface area contributed by atoms with Crippen LogP contribution in [0.5, 0.6) is 0 Å². The van der Waals surface area contributed by atoms with E-state index in [2.05, 4.69) is 15.3 Å². The maximum Gasteiger partial charge on any atom is 0.433 e. The Morgan fingerprint density at radius 1 is 1.42 bits per heavy atom. The van der Waals surface area contributed by atoms with Crippen molar-refractivity contribution in [2.45, 2.75) is 12.6 Å². The van der Waals surface area contributed by atoms with Gasteiger partial charge in [0.15, 0.2) is 0 Å². The SMILES string of the molecule is C/N=C\C(=C/CCNC)c1ccc(C(F)(F)F)nc1. The third-order valence-electron chi connectivity index (χ3n) is 2.41. The lowest BCUT2D eigenvalue weighted by Crippen LogP contribution is -2.08. The van der Waals surface area contributed by atoms with Crippen LogP contribution in [0.3, 0.4) is 0 Å². The first-order valence-corrected chi connectivity index (χ1v) is 5.79. The van der Waals surface area contributed by atoms with Gasteiger partial charge in [-0.3, -0.25) is 9.98 Å². The van der Waals surface area contributed by atoms with Gasteiger partial charge in [-0.05, 0) is 31.7 Å². The summed E-state index contributed by atoms with van der Waals surface area (Å²) < 4.78 is 37.2. The molecule has 1 rings (SSSR count). The van der Waals surface area contributed by atoms with Gasteiger partial charge in [-0.1, -0.05) is 12.1 Å². The van der Waals surface area contributed by atoms with E-state index in [0.717, 1.165) is 24.6 Å². The molecule has 0 spiro atoms. The molecular formula is C13H16F3N3. The van der Waals surface area contributed by atoms with Crippen molar-refractivity contribution in [3.05, 3.63) is 35.7 Å². The molecular weight excluding hydrogens is 255 g/mol. The molecule has 1 aromatic heterocycles. The second-order valence-electron chi connectivity index (χ2n) is 3.87. The first kappa shape index (κ1) is 15.4. The van der Waals surface area contributed by atoms with Crippen molar-refractivity contribution in [2.24, 2.45) is 4.99 Å². The van der Waals surface area contributed by atoms with Gasteiger partial charge in [-0.15, -0.1) is 0 Å². The van der Waals surface area contributed by atoms with Crippen LogP contribution in [-0.2, 0) is 6.18 Å². The summed E-state index contributed by atoms with van der Waals surface area (Å²) in [6.45, 7) is 0.787. The highest BCUT2D eigenvalue weighted by Crippen LogP contribution is 2.27. The lowest BCUT2D eigenvalue weighted by Gasteiger charge is -2.07. The van der Waals surface area contributed by atoms with Crippen LogP contribution < -0.4 is 5.32 Å².